The van der Waals surface area contributed by atoms with Crippen LogP contribution in [0, 0.1) is 5.82 Å². The highest BCUT2D eigenvalue weighted by Gasteiger charge is 2.28. The van der Waals surface area contributed by atoms with Crippen molar-refractivity contribution in [3.63, 3.8) is 0 Å². The smallest absolute Gasteiger partial charge is 0.256 e. The van der Waals surface area contributed by atoms with Crippen molar-refractivity contribution in [3.05, 3.63) is 53.9 Å². The third kappa shape index (κ3) is 2.69. The highest BCUT2D eigenvalue weighted by Crippen LogP contribution is 2.35. The molecule has 1 atom stereocenters. The Bertz CT molecular complexity index is 940. The van der Waals surface area contributed by atoms with Crippen LogP contribution in [-0.2, 0) is 0 Å². The number of halogens is 1. The van der Waals surface area contributed by atoms with Gasteiger partial charge in [-0.25, -0.2) is 13.9 Å². The summed E-state index contributed by atoms with van der Waals surface area (Å²) >= 11 is 0. The molecule has 0 aliphatic carbocycles. The fourth-order valence-corrected chi connectivity index (χ4v) is 3.31. The van der Waals surface area contributed by atoms with Crippen LogP contribution in [0.25, 0.3) is 5.65 Å². The van der Waals surface area contributed by atoms with Gasteiger partial charge in [0.15, 0.2) is 5.65 Å². The van der Waals surface area contributed by atoms with Crippen LogP contribution < -0.4 is 10.2 Å². The van der Waals surface area contributed by atoms with Crippen molar-refractivity contribution in [2.75, 3.05) is 18.5 Å². The molecule has 0 aromatic carbocycles. The van der Waals surface area contributed by atoms with Gasteiger partial charge in [0.05, 0.1) is 18.4 Å². The van der Waals surface area contributed by atoms with Gasteiger partial charge in [-0.05, 0) is 30.5 Å². The summed E-state index contributed by atoms with van der Waals surface area (Å²) in [6, 6.07) is 3.40. The number of pyridine rings is 1. The van der Waals surface area contributed by atoms with Crippen LogP contribution >= 0.6 is 0 Å². The van der Waals surface area contributed by atoms with Crippen LogP contribution in [0.1, 0.15) is 34.8 Å². The zero-order valence-electron chi connectivity index (χ0n) is 13.7. The Labute approximate surface area is 143 Å². The lowest BCUT2D eigenvalue weighted by Gasteiger charge is -2.26. The summed E-state index contributed by atoms with van der Waals surface area (Å²) in [7, 11) is 1.57. The maximum absolute atomic E-state index is 13.5. The summed E-state index contributed by atoms with van der Waals surface area (Å²) in [5.41, 5.74) is 1.76. The molecule has 3 aromatic heterocycles. The molecule has 1 saturated heterocycles. The Kier molecular flexibility index (Phi) is 3.79. The number of fused-ring (bicyclic) bond motifs is 1. The van der Waals surface area contributed by atoms with Crippen LogP contribution in [0.2, 0.25) is 0 Å². The van der Waals surface area contributed by atoms with Gasteiger partial charge in [-0.1, -0.05) is 0 Å². The predicted molar refractivity (Wildman–Crippen MR) is 89.9 cm³/mol. The Morgan fingerprint density at radius 1 is 1.36 bits per heavy atom. The van der Waals surface area contributed by atoms with E-state index in [1.807, 2.05) is 6.07 Å². The third-order valence-corrected chi connectivity index (χ3v) is 4.48. The van der Waals surface area contributed by atoms with Gasteiger partial charge < -0.3 is 10.2 Å². The quantitative estimate of drug-likeness (QED) is 0.789. The highest BCUT2D eigenvalue weighted by molar-refractivity contribution is 5.99. The van der Waals surface area contributed by atoms with E-state index in [0.29, 0.717) is 11.2 Å². The molecule has 4 rings (SSSR count). The first kappa shape index (κ1) is 15.5. The third-order valence-electron chi connectivity index (χ3n) is 4.48. The fourth-order valence-electron chi connectivity index (χ4n) is 3.31. The Morgan fingerprint density at radius 3 is 3.04 bits per heavy atom. The molecule has 0 saturated carbocycles. The van der Waals surface area contributed by atoms with E-state index in [0.717, 1.165) is 30.8 Å². The minimum Gasteiger partial charge on any atom is -0.355 e. The Hall–Kier alpha value is -3.03. The SMILES string of the molecule is CNC(=O)c1cnn2ccc(N3CCC[C@@H]3c3cncc(F)c3)nc12. The van der Waals surface area contributed by atoms with E-state index in [1.54, 1.807) is 24.0 Å². The lowest BCUT2D eigenvalue weighted by atomic mass is 10.1. The molecule has 0 unspecified atom stereocenters. The maximum atomic E-state index is 13.5. The lowest BCUT2D eigenvalue weighted by molar-refractivity contribution is 0.0964. The van der Waals surface area contributed by atoms with E-state index in [4.69, 9.17) is 0 Å². The summed E-state index contributed by atoms with van der Waals surface area (Å²) < 4.78 is 15.1. The second kappa shape index (κ2) is 6.12. The number of carbonyl (C=O) groups is 1. The largest absolute Gasteiger partial charge is 0.355 e. The monoisotopic (exact) mass is 340 g/mol. The molecule has 0 spiro atoms. The molecule has 8 heteroatoms. The summed E-state index contributed by atoms with van der Waals surface area (Å²) in [6.07, 6.45) is 8.07. The van der Waals surface area contributed by atoms with Gasteiger partial charge in [-0.2, -0.15) is 5.10 Å². The Balaban J connectivity index is 1.74. The van der Waals surface area contributed by atoms with Gasteiger partial charge >= 0.3 is 0 Å². The molecule has 1 fully saturated rings. The van der Waals surface area contributed by atoms with Crippen LogP contribution in [0.15, 0.2) is 36.9 Å². The summed E-state index contributed by atoms with van der Waals surface area (Å²) in [5.74, 6) is 0.169. The van der Waals surface area contributed by atoms with Crippen molar-refractivity contribution < 1.29 is 9.18 Å². The van der Waals surface area contributed by atoms with Crippen LogP contribution in [-0.4, -0.2) is 39.1 Å². The van der Waals surface area contributed by atoms with Gasteiger partial charge in [0, 0.05) is 26.0 Å². The van der Waals surface area contributed by atoms with Crippen LogP contribution in [0.3, 0.4) is 0 Å². The van der Waals surface area contributed by atoms with Crippen molar-refractivity contribution in [1.82, 2.24) is 24.9 Å². The molecule has 25 heavy (non-hydrogen) atoms. The normalized spacial score (nSPS) is 17.2. The van der Waals surface area contributed by atoms with Gasteiger partial charge in [-0.3, -0.25) is 9.78 Å². The second-order valence-corrected chi connectivity index (χ2v) is 5.98. The molecule has 0 bridgehead atoms. The zero-order valence-corrected chi connectivity index (χ0v) is 13.7. The number of nitrogens with one attached hydrogen (secondary N) is 1. The molecule has 1 aliphatic heterocycles. The summed E-state index contributed by atoms with van der Waals surface area (Å²) in [4.78, 5) is 22.7. The fraction of sp³-hybridized carbons (Fsp3) is 0.294. The van der Waals surface area contributed by atoms with Crippen LogP contribution in [0.5, 0.6) is 0 Å². The molecule has 4 heterocycles. The van der Waals surface area contributed by atoms with E-state index in [1.165, 1.54) is 18.5 Å². The second-order valence-electron chi connectivity index (χ2n) is 5.98. The summed E-state index contributed by atoms with van der Waals surface area (Å²) in [5, 5.41) is 6.75. The molecular formula is C17H17FN6O. The van der Waals surface area contributed by atoms with Gasteiger partial charge in [0.2, 0.25) is 0 Å². The number of hydrogen-bond donors (Lipinski definition) is 1. The molecule has 3 aromatic rings. The first-order valence-electron chi connectivity index (χ1n) is 8.11. The number of rotatable bonds is 3. The highest BCUT2D eigenvalue weighted by atomic mass is 19.1. The lowest BCUT2D eigenvalue weighted by Crippen LogP contribution is -2.24. The van der Waals surface area contributed by atoms with E-state index in [-0.39, 0.29) is 17.8 Å². The number of nitrogens with zero attached hydrogens (tertiary/aromatic N) is 5. The molecule has 0 radical (unpaired) electrons. The predicted octanol–water partition coefficient (Wildman–Crippen LogP) is 1.96. The van der Waals surface area contributed by atoms with Gasteiger partial charge in [0.25, 0.3) is 5.91 Å². The minimum absolute atomic E-state index is 0.0181. The standard InChI is InChI=1S/C17H17FN6O/c1-19-17(25)13-10-21-24-6-4-15(22-16(13)24)23-5-2-3-14(23)11-7-12(18)9-20-8-11/h4,6-10,14H,2-3,5H2,1H3,(H,19,25)/t14-/m1/s1. The van der Waals surface area contributed by atoms with Crippen molar-refractivity contribution in [1.29, 1.82) is 0 Å². The minimum atomic E-state index is -0.342. The number of aromatic nitrogens is 4. The number of amides is 1. The van der Waals surface area contributed by atoms with E-state index >= 15 is 0 Å². The maximum Gasteiger partial charge on any atom is 0.256 e. The van der Waals surface area contributed by atoms with Gasteiger partial charge in [0.1, 0.15) is 17.2 Å². The molecule has 1 amide bonds. The number of anilines is 1. The van der Waals surface area contributed by atoms with Crippen molar-refractivity contribution >= 4 is 17.4 Å². The summed E-state index contributed by atoms with van der Waals surface area (Å²) in [6.45, 7) is 0.813. The van der Waals surface area contributed by atoms with Crippen LogP contribution in [0.4, 0.5) is 10.2 Å². The molecular weight excluding hydrogens is 323 g/mol. The van der Waals surface area contributed by atoms with Crippen molar-refractivity contribution in [2.45, 2.75) is 18.9 Å². The van der Waals surface area contributed by atoms with Crippen molar-refractivity contribution in [3.8, 4) is 0 Å². The molecule has 1 aliphatic rings. The topological polar surface area (TPSA) is 75.4 Å². The van der Waals surface area contributed by atoms with Crippen molar-refractivity contribution in [2.24, 2.45) is 0 Å². The molecule has 7 nitrogen and oxygen atoms in total. The first-order chi connectivity index (χ1) is 12.2. The average Bonchev–Trinajstić information content (AvgIpc) is 3.27. The molecule has 1 N–H and O–H groups in total. The van der Waals surface area contributed by atoms with Gasteiger partial charge in [-0.15, -0.1) is 0 Å². The Morgan fingerprint density at radius 2 is 2.24 bits per heavy atom. The van der Waals surface area contributed by atoms with E-state index in [9.17, 15) is 9.18 Å². The number of carbonyl (C=O) groups excluding carboxylic acids is 1. The first-order valence-corrected chi connectivity index (χ1v) is 8.11. The average molecular weight is 340 g/mol. The number of hydrogen-bond acceptors (Lipinski definition) is 5. The van der Waals surface area contributed by atoms with E-state index in [2.05, 4.69) is 25.3 Å². The molecule has 128 valence electrons. The van der Waals surface area contributed by atoms with E-state index < -0.39 is 0 Å². The zero-order chi connectivity index (χ0) is 17.4.